The highest BCUT2D eigenvalue weighted by Gasteiger charge is 2.10. The average molecular weight is 242 g/mol. The average Bonchev–Trinajstić information content (AvgIpc) is 2.89. The number of hydrogen-bond donors (Lipinski definition) is 1. The SMILES string of the molecule is COc1cc(-c2cnc(N)n3cnnc23)ccn1. The highest BCUT2D eigenvalue weighted by atomic mass is 16.5. The number of fused-ring (bicyclic) bond motifs is 1. The van der Waals surface area contributed by atoms with Gasteiger partial charge in [-0.3, -0.25) is 4.40 Å². The predicted molar refractivity (Wildman–Crippen MR) is 65.0 cm³/mol. The number of methoxy groups -OCH3 is 1. The Labute approximate surface area is 102 Å². The van der Waals surface area contributed by atoms with Crippen LogP contribution < -0.4 is 10.5 Å². The molecule has 0 saturated carbocycles. The van der Waals surface area contributed by atoms with Crippen LogP contribution in [-0.2, 0) is 0 Å². The number of pyridine rings is 1. The topological polar surface area (TPSA) is 91.2 Å². The van der Waals surface area contributed by atoms with Crippen molar-refractivity contribution in [2.75, 3.05) is 12.8 Å². The third kappa shape index (κ3) is 1.53. The minimum atomic E-state index is 0.347. The molecule has 0 radical (unpaired) electrons. The smallest absolute Gasteiger partial charge is 0.213 e. The van der Waals surface area contributed by atoms with E-state index >= 15 is 0 Å². The third-order valence-electron chi connectivity index (χ3n) is 2.62. The van der Waals surface area contributed by atoms with E-state index in [9.17, 15) is 0 Å². The number of ether oxygens (including phenoxy) is 1. The summed E-state index contributed by atoms with van der Waals surface area (Å²) in [7, 11) is 1.57. The zero-order valence-corrected chi connectivity index (χ0v) is 9.61. The second-order valence-electron chi connectivity index (χ2n) is 3.64. The van der Waals surface area contributed by atoms with E-state index in [1.165, 1.54) is 6.33 Å². The Kier molecular flexibility index (Phi) is 2.30. The van der Waals surface area contributed by atoms with Crippen molar-refractivity contribution in [2.24, 2.45) is 0 Å². The van der Waals surface area contributed by atoms with Crippen LogP contribution in [-0.4, -0.2) is 31.7 Å². The molecule has 0 atom stereocenters. The van der Waals surface area contributed by atoms with E-state index in [4.69, 9.17) is 10.5 Å². The first-order valence-corrected chi connectivity index (χ1v) is 5.24. The summed E-state index contributed by atoms with van der Waals surface area (Å²) in [5.74, 6) is 0.877. The van der Waals surface area contributed by atoms with Crippen molar-refractivity contribution >= 4 is 11.6 Å². The minimum Gasteiger partial charge on any atom is -0.481 e. The number of anilines is 1. The third-order valence-corrected chi connectivity index (χ3v) is 2.62. The van der Waals surface area contributed by atoms with E-state index in [1.54, 1.807) is 23.9 Å². The van der Waals surface area contributed by atoms with E-state index in [1.807, 2.05) is 12.1 Å². The molecule has 0 unspecified atom stereocenters. The zero-order chi connectivity index (χ0) is 12.5. The number of hydrogen-bond acceptors (Lipinski definition) is 6. The van der Waals surface area contributed by atoms with E-state index in [0.29, 0.717) is 17.5 Å². The largest absolute Gasteiger partial charge is 0.481 e. The highest BCUT2D eigenvalue weighted by molar-refractivity contribution is 5.77. The molecule has 0 fully saturated rings. The van der Waals surface area contributed by atoms with Gasteiger partial charge in [-0.2, -0.15) is 0 Å². The van der Waals surface area contributed by atoms with Crippen LogP contribution in [0.3, 0.4) is 0 Å². The molecule has 2 N–H and O–H groups in total. The van der Waals surface area contributed by atoms with Crippen LogP contribution in [0.5, 0.6) is 5.88 Å². The molecule has 3 rings (SSSR count). The predicted octanol–water partition coefficient (Wildman–Crippen LogP) is 0.777. The fourth-order valence-corrected chi connectivity index (χ4v) is 1.73. The Balaban J connectivity index is 2.25. The lowest BCUT2D eigenvalue weighted by molar-refractivity contribution is 0.398. The number of nitrogen functional groups attached to an aromatic ring is 1. The normalized spacial score (nSPS) is 10.7. The maximum absolute atomic E-state index is 5.74. The number of aromatic nitrogens is 5. The Morgan fingerprint density at radius 1 is 1.33 bits per heavy atom. The van der Waals surface area contributed by atoms with Crippen LogP contribution >= 0.6 is 0 Å². The van der Waals surface area contributed by atoms with Crippen LogP contribution in [0.4, 0.5) is 5.95 Å². The highest BCUT2D eigenvalue weighted by Crippen LogP contribution is 2.25. The second kappa shape index (κ2) is 3.95. The molecule has 18 heavy (non-hydrogen) atoms. The van der Waals surface area contributed by atoms with Crippen LogP contribution in [0.1, 0.15) is 0 Å². The molecule has 0 amide bonds. The summed E-state index contributed by atoms with van der Waals surface area (Å²) >= 11 is 0. The monoisotopic (exact) mass is 242 g/mol. The summed E-state index contributed by atoms with van der Waals surface area (Å²) in [4.78, 5) is 8.17. The molecule has 7 heteroatoms. The molecule has 0 saturated heterocycles. The van der Waals surface area contributed by atoms with Crippen molar-refractivity contribution in [3.05, 3.63) is 30.9 Å². The lowest BCUT2D eigenvalue weighted by atomic mass is 10.1. The Hall–Kier alpha value is -2.70. The van der Waals surface area contributed by atoms with E-state index in [-0.39, 0.29) is 0 Å². The Bertz CT molecular complexity index is 708. The zero-order valence-electron chi connectivity index (χ0n) is 9.61. The Morgan fingerprint density at radius 2 is 2.22 bits per heavy atom. The lowest BCUT2D eigenvalue weighted by Crippen LogP contribution is -2.00. The van der Waals surface area contributed by atoms with Gasteiger partial charge in [-0.1, -0.05) is 0 Å². The van der Waals surface area contributed by atoms with Crippen LogP contribution in [0, 0.1) is 0 Å². The molecule has 0 aliphatic rings. The fourth-order valence-electron chi connectivity index (χ4n) is 1.73. The molecule has 0 aromatic carbocycles. The van der Waals surface area contributed by atoms with Gasteiger partial charge in [0.25, 0.3) is 0 Å². The first-order valence-electron chi connectivity index (χ1n) is 5.24. The van der Waals surface area contributed by atoms with Crippen molar-refractivity contribution in [1.82, 2.24) is 24.6 Å². The first-order chi connectivity index (χ1) is 8.79. The quantitative estimate of drug-likeness (QED) is 0.714. The fraction of sp³-hybridized carbons (Fsp3) is 0.0909. The van der Waals surface area contributed by atoms with Gasteiger partial charge in [0, 0.05) is 24.0 Å². The van der Waals surface area contributed by atoms with Gasteiger partial charge in [-0.25, -0.2) is 9.97 Å². The van der Waals surface area contributed by atoms with E-state index in [0.717, 1.165) is 11.1 Å². The molecule has 0 spiro atoms. The Morgan fingerprint density at radius 3 is 3.06 bits per heavy atom. The van der Waals surface area contributed by atoms with Crippen LogP contribution in [0.25, 0.3) is 16.8 Å². The van der Waals surface area contributed by atoms with Crippen molar-refractivity contribution < 1.29 is 4.74 Å². The van der Waals surface area contributed by atoms with Crippen molar-refractivity contribution in [2.45, 2.75) is 0 Å². The van der Waals surface area contributed by atoms with Crippen LogP contribution in [0.15, 0.2) is 30.9 Å². The molecule has 3 heterocycles. The maximum Gasteiger partial charge on any atom is 0.213 e. The number of rotatable bonds is 2. The standard InChI is InChI=1S/C11H10N6O/c1-18-9-4-7(2-3-13-9)8-5-14-11(12)17-6-15-16-10(8)17/h2-6H,1H3,(H2,12,14). The summed E-state index contributed by atoms with van der Waals surface area (Å²) in [6, 6.07) is 3.66. The summed E-state index contributed by atoms with van der Waals surface area (Å²) in [5, 5.41) is 7.88. The van der Waals surface area contributed by atoms with E-state index < -0.39 is 0 Å². The van der Waals surface area contributed by atoms with Gasteiger partial charge in [0.15, 0.2) is 5.65 Å². The summed E-state index contributed by atoms with van der Waals surface area (Å²) in [5.41, 5.74) is 8.10. The molecule has 3 aromatic heterocycles. The molecule has 3 aromatic rings. The molecular formula is C11H10N6O. The minimum absolute atomic E-state index is 0.347. The maximum atomic E-state index is 5.74. The lowest BCUT2D eigenvalue weighted by Gasteiger charge is -2.05. The van der Waals surface area contributed by atoms with E-state index in [2.05, 4.69) is 20.2 Å². The molecular weight excluding hydrogens is 232 g/mol. The summed E-state index contributed by atoms with van der Waals surface area (Å²) < 4.78 is 6.72. The van der Waals surface area contributed by atoms with Crippen molar-refractivity contribution in [3.8, 4) is 17.0 Å². The van der Waals surface area contributed by atoms with Gasteiger partial charge >= 0.3 is 0 Å². The van der Waals surface area contributed by atoms with Gasteiger partial charge in [0.05, 0.1) is 7.11 Å². The molecule has 0 aliphatic carbocycles. The summed E-state index contributed by atoms with van der Waals surface area (Å²) in [6.07, 6.45) is 4.85. The van der Waals surface area contributed by atoms with Gasteiger partial charge in [0.1, 0.15) is 6.33 Å². The first kappa shape index (κ1) is 10.5. The van der Waals surface area contributed by atoms with Gasteiger partial charge in [-0.05, 0) is 11.6 Å². The second-order valence-corrected chi connectivity index (χ2v) is 3.64. The van der Waals surface area contributed by atoms with Gasteiger partial charge in [-0.15, -0.1) is 10.2 Å². The molecule has 0 aliphatic heterocycles. The molecule has 0 bridgehead atoms. The molecule has 90 valence electrons. The van der Waals surface area contributed by atoms with Crippen molar-refractivity contribution in [3.63, 3.8) is 0 Å². The number of nitrogens with two attached hydrogens (primary N) is 1. The summed E-state index contributed by atoms with van der Waals surface area (Å²) in [6.45, 7) is 0. The van der Waals surface area contributed by atoms with Crippen LogP contribution in [0.2, 0.25) is 0 Å². The van der Waals surface area contributed by atoms with Gasteiger partial charge in [0.2, 0.25) is 11.8 Å². The number of nitrogens with zero attached hydrogens (tertiary/aromatic N) is 5. The van der Waals surface area contributed by atoms with Gasteiger partial charge < -0.3 is 10.5 Å². The van der Waals surface area contributed by atoms with Crippen molar-refractivity contribution in [1.29, 1.82) is 0 Å². The molecule has 7 nitrogen and oxygen atoms in total.